The Balaban J connectivity index is 1.79. The van der Waals surface area contributed by atoms with Crippen molar-refractivity contribution < 1.29 is 23.0 Å². The van der Waals surface area contributed by atoms with Gasteiger partial charge in [0, 0.05) is 41.7 Å². The number of anilines is 1. The van der Waals surface area contributed by atoms with E-state index in [1.54, 1.807) is 12.1 Å². The lowest BCUT2D eigenvalue weighted by atomic mass is 9.82. The predicted octanol–water partition coefficient (Wildman–Crippen LogP) is 2.70. The van der Waals surface area contributed by atoms with E-state index in [1.165, 1.54) is 12.3 Å². The van der Waals surface area contributed by atoms with Crippen molar-refractivity contribution in [1.29, 1.82) is 0 Å². The van der Waals surface area contributed by atoms with E-state index in [4.69, 9.17) is 4.74 Å². The third kappa shape index (κ3) is 2.26. The molecular weight excluding hydrogens is 321 g/mol. The highest BCUT2D eigenvalue weighted by atomic mass is 19.4. The SMILES string of the molecule is OC[C@@]12COC[C@@H]1CN(c1ccnc3c(C(F)(F)F)cccc13)C2. The highest BCUT2D eigenvalue weighted by Gasteiger charge is 2.50. The molecule has 0 amide bonds. The van der Waals surface area contributed by atoms with Gasteiger partial charge in [-0.2, -0.15) is 13.2 Å². The third-order valence-corrected chi connectivity index (χ3v) is 5.23. The van der Waals surface area contributed by atoms with E-state index in [1.807, 2.05) is 4.90 Å². The molecule has 2 aliphatic heterocycles. The second-order valence-corrected chi connectivity index (χ2v) is 6.64. The number of alkyl halides is 3. The average Bonchev–Trinajstić information content (AvgIpc) is 3.10. The van der Waals surface area contributed by atoms with E-state index >= 15 is 0 Å². The fourth-order valence-corrected chi connectivity index (χ4v) is 3.91. The van der Waals surface area contributed by atoms with Gasteiger partial charge in [-0.1, -0.05) is 12.1 Å². The molecule has 2 saturated heterocycles. The lowest BCUT2D eigenvalue weighted by Gasteiger charge is -2.26. The molecule has 0 saturated carbocycles. The zero-order valence-corrected chi connectivity index (χ0v) is 12.9. The molecule has 24 heavy (non-hydrogen) atoms. The summed E-state index contributed by atoms with van der Waals surface area (Å²) in [6.07, 6.45) is -3.02. The molecule has 2 aliphatic rings. The van der Waals surface area contributed by atoms with Crippen LogP contribution in [0.5, 0.6) is 0 Å². The van der Waals surface area contributed by atoms with Crippen LogP contribution in [0.4, 0.5) is 18.9 Å². The molecule has 0 unspecified atom stereocenters. The van der Waals surface area contributed by atoms with E-state index in [9.17, 15) is 18.3 Å². The molecule has 3 heterocycles. The zero-order valence-electron chi connectivity index (χ0n) is 12.9. The Morgan fingerprint density at radius 3 is 2.88 bits per heavy atom. The first-order valence-electron chi connectivity index (χ1n) is 7.83. The summed E-state index contributed by atoms with van der Waals surface area (Å²) >= 11 is 0. The summed E-state index contributed by atoms with van der Waals surface area (Å²) in [7, 11) is 0. The largest absolute Gasteiger partial charge is 0.418 e. The van der Waals surface area contributed by atoms with Crippen LogP contribution in [0.15, 0.2) is 30.5 Å². The standard InChI is InChI=1S/C17H17F3N2O2/c18-17(19,20)13-3-1-2-12-14(4-5-21-15(12)13)22-6-11-7-24-10-16(11,8-22)9-23/h1-5,11,23H,6-10H2/t11-,16-/m0/s1. The smallest absolute Gasteiger partial charge is 0.396 e. The molecule has 2 atom stereocenters. The van der Waals surface area contributed by atoms with Gasteiger partial charge in [0.25, 0.3) is 0 Å². The first kappa shape index (κ1) is 15.7. The molecule has 2 fully saturated rings. The number of para-hydroxylation sites is 1. The Morgan fingerprint density at radius 2 is 2.17 bits per heavy atom. The quantitative estimate of drug-likeness (QED) is 0.915. The van der Waals surface area contributed by atoms with Gasteiger partial charge < -0.3 is 14.7 Å². The van der Waals surface area contributed by atoms with Gasteiger partial charge in [0.15, 0.2) is 0 Å². The van der Waals surface area contributed by atoms with Crippen LogP contribution in [0.1, 0.15) is 5.56 Å². The van der Waals surface area contributed by atoms with Gasteiger partial charge in [-0.3, -0.25) is 4.98 Å². The molecule has 1 aromatic heterocycles. The van der Waals surface area contributed by atoms with Gasteiger partial charge in [-0.05, 0) is 12.1 Å². The van der Waals surface area contributed by atoms with Gasteiger partial charge in [0.2, 0.25) is 0 Å². The molecule has 0 aliphatic carbocycles. The van der Waals surface area contributed by atoms with E-state index in [0.29, 0.717) is 31.7 Å². The Labute approximate surface area is 136 Å². The van der Waals surface area contributed by atoms with Crippen molar-refractivity contribution in [3.63, 3.8) is 0 Å². The molecule has 0 bridgehead atoms. The van der Waals surface area contributed by atoms with Gasteiger partial charge in [0.1, 0.15) is 0 Å². The lowest BCUT2D eigenvalue weighted by molar-refractivity contribution is -0.136. The van der Waals surface area contributed by atoms with Crippen molar-refractivity contribution in [3.8, 4) is 0 Å². The fraction of sp³-hybridized carbons (Fsp3) is 0.471. The molecule has 1 aromatic carbocycles. The number of pyridine rings is 1. The van der Waals surface area contributed by atoms with Crippen molar-refractivity contribution in [2.24, 2.45) is 11.3 Å². The molecular formula is C17H17F3N2O2. The third-order valence-electron chi connectivity index (χ3n) is 5.23. The van der Waals surface area contributed by atoms with Crippen LogP contribution in [-0.4, -0.2) is 43.0 Å². The first-order valence-corrected chi connectivity index (χ1v) is 7.83. The first-order chi connectivity index (χ1) is 11.4. The predicted molar refractivity (Wildman–Crippen MR) is 82.8 cm³/mol. The minimum atomic E-state index is -4.44. The molecule has 2 aromatic rings. The van der Waals surface area contributed by atoms with Crippen LogP contribution in [-0.2, 0) is 10.9 Å². The van der Waals surface area contributed by atoms with Crippen LogP contribution in [0.2, 0.25) is 0 Å². The minimum absolute atomic E-state index is 0.0188. The Hall–Kier alpha value is -1.86. The van der Waals surface area contributed by atoms with Crippen LogP contribution in [0.25, 0.3) is 10.9 Å². The number of hydrogen-bond donors (Lipinski definition) is 1. The number of fused-ring (bicyclic) bond motifs is 2. The number of aromatic nitrogens is 1. The molecule has 4 nitrogen and oxygen atoms in total. The Morgan fingerprint density at radius 1 is 1.33 bits per heavy atom. The van der Waals surface area contributed by atoms with E-state index in [2.05, 4.69) is 4.98 Å². The van der Waals surface area contributed by atoms with Crippen molar-refractivity contribution in [2.45, 2.75) is 6.18 Å². The van der Waals surface area contributed by atoms with Crippen molar-refractivity contribution in [1.82, 2.24) is 4.98 Å². The second kappa shape index (κ2) is 5.32. The molecule has 0 radical (unpaired) electrons. The molecule has 1 N–H and O–H groups in total. The maximum atomic E-state index is 13.2. The van der Waals surface area contributed by atoms with Crippen molar-refractivity contribution >= 4 is 16.6 Å². The number of aliphatic hydroxyl groups excluding tert-OH is 1. The number of halogens is 3. The number of benzene rings is 1. The average molecular weight is 338 g/mol. The molecule has 7 heteroatoms. The summed E-state index contributed by atoms with van der Waals surface area (Å²) in [5.41, 5.74) is -0.347. The van der Waals surface area contributed by atoms with Gasteiger partial charge >= 0.3 is 6.18 Å². The number of hydrogen-bond acceptors (Lipinski definition) is 4. The topological polar surface area (TPSA) is 45.6 Å². The normalized spacial score (nSPS) is 27.0. The summed E-state index contributed by atoms with van der Waals surface area (Å²) in [4.78, 5) is 6.02. The van der Waals surface area contributed by atoms with E-state index in [-0.39, 0.29) is 23.5 Å². The second-order valence-electron chi connectivity index (χ2n) is 6.64. The monoisotopic (exact) mass is 338 g/mol. The van der Waals surface area contributed by atoms with Crippen molar-refractivity contribution in [3.05, 3.63) is 36.0 Å². The molecule has 0 spiro atoms. The van der Waals surface area contributed by atoms with Crippen LogP contribution >= 0.6 is 0 Å². The summed E-state index contributed by atoms with van der Waals surface area (Å²) < 4.78 is 45.2. The molecule has 128 valence electrons. The lowest BCUT2D eigenvalue weighted by Crippen LogP contribution is -2.34. The highest BCUT2D eigenvalue weighted by molar-refractivity contribution is 5.94. The number of nitrogens with zero attached hydrogens (tertiary/aromatic N) is 2. The van der Waals surface area contributed by atoms with Crippen molar-refractivity contribution in [2.75, 3.05) is 37.8 Å². The summed E-state index contributed by atoms with van der Waals surface area (Å²) in [5, 5.41) is 10.3. The van der Waals surface area contributed by atoms with Gasteiger partial charge in [0.05, 0.1) is 30.9 Å². The maximum Gasteiger partial charge on any atom is 0.418 e. The fourth-order valence-electron chi connectivity index (χ4n) is 3.91. The number of aliphatic hydroxyl groups is 1. The Kier molecular flexibility index (Phi) is 3.47. The highest BCUT2D eigenvalue weighted by Crippen LogP contribution is 2.44. The van der Waals surface area contributed by atoms with E-state index < -0.39 is 11.7 Å². The minimum Gasteiger partial charge on any atom is -0.396 e. The summed E-state index contributed by atoms with van der Waals surface area (Å²) in [5.74, 6) is 0.191. The Bertz CT molecular complexity index is 780. The summed E-state index contributed by atoms with van der Waals surface area (Å²) in [6, 6.07) is 5.89. The van der Waals surface area contributed by atoms with Crippen LogP contribution in [0.3, 0.4) is 0 Å². The number of rotatable bonds is 2. The zero-order chi connectivity index (χ0) is 16.9. The van der Waals surface area contributed by atoms with Gasteiger partial charge in [-0.15, -0.1) is 0 Å². The number of ether oxygens (including phenoxy) is 1. The van der Waals surface area contributed by atoms with Crippen LogP contribution < -0.4 is 4.90 Å². The molecule has 4 rings (SSSR count). The maximum absolute atomic E-state index is 13.2. The van der Waals surface area contributed by atoms with E-state index in [0.717, 1.165) is 11.8 Å². The van der Waals surface area contributed by atoms with Crippen LogP contribution in [0, 0.1) is 11.3 Å². The summed E-state index contributed by atoms with van der Waals surface area (Å²) in [6.45, 7) is 2.32. The van der Waals surface area contributed by atoms with Gasteiger partial charge in [-0.25, -0.2) is 0 Å².